The number of nitrogens with one attached hydrogen (secondary N) is 2. The molecule has 2 amide bonds. The Labute approximate surface area is 191 Å². The van der Waals surface area contributed by atoms with Crippen LogP contribution < -0.4 is 10.6 Å². The van der Waals surface area contributed by atoms with E-state index in [-0.39, 0.29) is 12.5 Å². The topological polar surface area (TPSA) is 131 Å². The number of aliphatic carboxylic acids is 1. The third-order valence-corrected chi connectivity index (χ3v) is 5.53. The fraction of sp³-hybridized carbons (Fsp3) is 0.333. The second-order valence-corrected chi connectivity index (χ2v) is 8.22. The van der Waals surface area contributed by atoms with Gasteiger partial charge in [0.2, 0.25) is 5.91 Å². The Morgan fingerprint density at radius 3 is 2.06 bits per heavy atom. The van der Waals surface area contributed by atoms with Crippen LogP contribution in [0.15, 0.2) is 48.5 Å². The SMILES string of the molecule is COC(=O)C[C@@H](NC(=O)C(C)(C)NC(=O)OCC1c2ccccc2-c2ccccc21)C(=O)O. The van der Waals surface area contributed by atoms with Crippen molar-refractivity contribution in [1.82, 2.24) is 10.6 Å². The fourth-order valence-corrected chi connectivity index (χ4v) is 3.74. The van der Waals surface area contributed by atoms with Crippen molar-refractivity contribution >= 4 is 23.9 Å². The third-order valence-electron chi connectivity index (χ3n) is 5.53. The van der Waals surface area contributed by atoms with Crippen LogP contribution in [0.5, 0.6) is 0 Å². The number of benzene rings is 2. The molecule has 0 unspecified atom stereocenters. The monoisotopic (exact) mass is 454 g/mol. The first kappa shape index (κ1) is 23.8. The lowest BCUT2D eigenvalue weighted by Crippen LogP contribution is -2.58. The highest BCUT2D eigenvalue weighted by molar-refractivity contribution is 5.93. The third kappa shape index (κ3) is 5.31. The van der Waals surface area contributed by atoms with E-state index in [1.807, 2.05) is 48.5 Å². The summed E-state index contributed by atoms with van der Waals surface area (Å²) in [6.07, 6.45) is -1.37. The Hall–Kier alpha value is -3.88. The minimum absolute atomic E-state index is 0.0671. The summed E-state index contributed by atoms with van der Waals surface area (Å²) in [5.41, 5.74) is 2.79. The number of hydrogen-bond donors (Lipinski definition) is 3. The van der Waals surface area contributed by atoms with Gasteiger partial charge in [-0.2, -0.15) is 0 Å². The van der Waals surface area contributed by atoms with Gasteiger partial charge in [0, 0.05) is 5.92 Å². The summed E-state index contributed by atoms with van der Waals surface area (Å²) in [5, 5.41) is 13.9. The Morgan fingerprint density at radius 1 is 1.00 bits per heavy atom. The molecule has 0 bridgehead atoms. The standard InChI is InChI=1S/C24H26N2O7/c1-24(2,22(30)25-19(21(28)29)12-20(27)32-3)26-23(31)33-13-18-16-10-6-4-8-14(16)15-9-5-7-11-17(15)18/h4-11,18-19H,12-13H2,1-3H3,(H,25,30)(H,26,31)(H,28,29)/t19-/m1/s1. The molecule has 0 radical (unpaired) electrons. The second-order valence-electron chi connectivity index (χ2n) is 8.22. The maximum atomic E-state index is 12.6. The number of alkyl carbamates (subject to hydrolysis) is 1. The molecule has 1 aliphatic rings. The minimum Gasteiger partial charge on any atom is -0.480 e. The molecule has 0 aliphatic heterocycles. The largest absolute Gasteiger partial charge is 0.480 e. The minimum atomic E-state index is -1.49. The molecule has 174 valence electrons. The van der Waals surface area contributed by atoms with E-state index < -0.39 is 41.9 Å². The van der Waals surface area contributed by atoms with E-state index in [0.29, 0.717) is 0 Å². The van der Waals surface area contributed by atoms with Crippen LogP contribution in [0.4, 0.5) is 4.79 Å². The smallest absolute Gasteiger partial charge is 0.408 e. The number of ether oxygens (including phenoxy) is 2. The lowest BCUT2D eigenvalue weighted by Gasteiger charge is -2.27. The van der Waals surface area contributed by atoms with Gasteiger partial charge in [0.25, 0.3) is 0 Å². The number of rotatable bonds is 8. The number of methoxy groups -OCH3 is 1. The van der Waals surface area contributed by atoms with Gasteiger partial charge >= 0.3 is 18.0 Å². The summed E-state index contributed by atoms with van der Waals surface area (Å²) in [6.45, 7) is 2.87. The zero-order valence-corrected chi connectivity index (χ0v) is 18.6. The lowest BCUT2D eigenvalue weighted by atomic mass is 9.98. The van der Waals surface area contributed by atoms with Gasteiger partial charge in [-0.1, -0.05) is 48.5 Å². The van der Waals surface area contributed by atoms with Crippen LogP contribution in [-0.2, 0) is 23.9 Å². The average Bonchev–Trinajstić information content (AvgIpc) is 3.10. The molecule has 2 aromatic carbocycles. The summed E-state index contributed by atoms with van der Waals surface area (Å²) in [4.78, 5) is 47.8. The van der Waals surface area contributed by atoms with Gasteiger partial charge in [0.05, 0.1) is 13.5 Å². The zero-order valence-electron chi connectivity index (χ0n) is 18.6. The fourth-order valence-electron chi connectivity index (χ4n) is 3.74. The van der Waals surface area contributed by atoms with Crippen LogP contribution in [0.3, 0.4) is 0 Å². The number of carboxylic acid groups (broad SMARTS) is 1. The highest BCUT2D eigenvalue weighted by atomic mass is 16.5. The Balaban J connectivity index is 1.63. The number of esters is 1. The van der Waals surface area contributed by atoms with Gasteiger partial charge < -0.3 is 25.2 Å². The van der Waals surface area contributed by atoms with E-state index >= 15 is 0 Å². The number of carboxylic acids is 1. The van der Waals surface area contributed by atoms with Gasteiger partial charge in [0.1, 0.15) is 18.2 Å². The Bertz CT molecular complexity index is 1030. The Morgan fingerprint density at radius 2 is 1.55 bits per heavy atom. The first-order valence-corrected chi connectivity index (χ1v) is 10.4. The lowest BCUT2D eigenvalue weighted by molar-refractivity contribution is -0.149. The predicted octanol–water partition coefficient (Wildman–Crippen LogP) is 2.44. The summed E-state index contributed by atoms with van der Waals surface area (Å²) in [6, 6.07) is 14.3. The van der Waals surface area contributed by atoms with Crippen LogP contribution >= 0.6 is 0 Å². The van der Waals surface area contributed by atoms with Crippen LogP contribution in [0.1, 0.15) is 37.3 Å². The van der Waals surface area contributed by atoms with E-state index in [9.17, 15) is 24.3 Å². The van der Waals surface area contributed by atoms with Crippen molar-refractivity contribution in [2.45, 2.75) is 37.8 Å². The number of fused-ring (bicyclic) bond motifs is 3. The quantitative estimate of drug-likeness (QED) is 0.522. The molecule has 0 spiro atoms. The Kier molecular flexibility index (Phi) is 7.01. The van der Waals surface area contributed by atoms with Gasteiger partial charge in [-0.3, -0.25) is 9.59 Å². The second kappa shape index (κ2) is 9.72. The molecule has 0 saturated heterocycles. The molecule has 3 N–H and O–H groups in total. The van der Waals surface area contributed by atoms with Crippen molar-refractivity contribution in [3.8, 4) is 11.1 Å². The van der Waals surface area contributed by atoms with Gasteiger partial charge in [-0.25, -0.2) is 9.59 Å². The summed E-state index contributed by atoms with van der Waals surface area (Å²) >= 11 is 0. The first-order valence-electron chi connectivity index (χ1n) is 10.4. The van der Waals surface area contributed by atoms with Crippen molar-refractivity contribution in [2.75, 3.05) is 13.7 Å². The van der Waals surface area contributed by atoms with E-state index in [1.165, 1.54) is 13.8 Å². The molecule has 1 atom stereocenters. The summed E-state index contributed by atoms with van der Waals surface area (Å²) in [7, 11) is 1.12. The normalized spacial score (nSPS) is 13.3. The molecule has 33 heavy (non-hydrogen) atoms. The highest BCUT2D eigenvalue weighted by Gasteiger charge is 2.35. The molecular weight excluding hydrogens is 428 g/mol. The molecule has 3 rings (SSSR count). The van der Waals surface area contributed by atoms with E-state index in [2.05, 4.69) is 15.4 Å². The van der Waals surface area contributed by atoms with E-state index in [4.69, 9.17) is 4.74 Å². The number of amides is 2. The molecule has 1 aliphatic carbocycles. The predicted molar refractivity (Wildman–Crippen MR) is 118 cm³/mol. The van der Waals surface area contributed by atoms with Gasteiger partial charge in [-0.05, 0) is 36.1 Å². The van der Waals surface area contributed by atoms with Crippen LogP contribution in [0.25, 0.3) is 11.1 Å². The van der Waals surface area contributed by atoms with E-state index in [1.54, 1.807) is 0 Å². The van der Waals surface area contributed by atoms with Gasteiger partial charge in [0.15, 0.2) is 0 Å². The maximum absolute atomic E-state index is 12.6. The molecule has 0 saturated carbocycles. The van der Waals surface area contributed by atoms with Crippen molar-refractivity contribution in [2.24, 2.45) is 0 Å². The maximum Gasteiger partial charge on any atom is 0.408 e. The van der Waals surface area contributed by atoms with Gasteiger partial charge in [-0.15, -0.1) is 0 Å². The number of hydrogen-bond acceptors (Lipinski definition) is 6. The number of carbonyl (C=O) groups is 4. The summed E-state index contributed by atoms with van der Waals surface area (Å²) in [5.74, 6) is -3.11. The molecular formula is C24H26N2O7. The first-order chi connectivity index (χ1) is 15.6. The molecule has 0 fully saturated rings. The van der Waals surface area contributed by atoms with Crippen LogP contribution in [0.2, 0.25) is 0 Å². The molecule has 0 aromatic heterocycles. The molecule has 2 aromatic rings. The zero-order chi connectivity index (χ0) is 24.2. The van der Waals surface area contributed by atoms with Crippen LogP contribution in [0, 0.1) is 0 Å². The molecule has 9 heteroatoms. The summed E-state index contributed by atoms with van der Waals surface area (Å²) < 4.78 is 9.89. The van der Waals surface area contributed by atoms with Crippen molar-refractivity contribution in [1.29, 1.82) is 0 Å². The van der Waals surface area contributed by atoms with Crippen LogP contribution in [-0.4, -0.2) is 54.3 Å². The highest BCUT2D eigenvalue weighted by Crippen LogP contribution is 2.44. The van der Waals surface area contributed by atoms with E-state index in [0.717, 1.165) is 29.4 Å². The number of carbonyl (C=O) groups excluding carboxylic acids is 3. The van der Waals surface area contributed by atoms with Crippen molar-refractivity contribution < 1.29 is 33.8 Å². The molecule has 0 heterocycles. The molecule has 9 nitrogen and oxygen atoms in total. The average molecular weight is 454 g/mol. The van der Waals surface area contributed by atoms with Crippen molar-refractivity contribution in [3.05, 3.63) is 59.7 Å². The van der Waals surface area contributed by atoms with Crippen molar-refractivity contribution in [3.63, 3.8) is 0 Å².